The highest BCUT2D eigenvalue weighted by molar-refractivity contribution is 5.95. The fourth-order valence-electron chi connectivity index (χ4n) is 5.51. The molecular weight excluding hydrogens is 472 g/mol. The van der Waals surface area contributed by atoms with Crippen LogP contribution in [0.2, 0.25) is 0 Å². The number of nitrogens with one attached hydrogen (secondary N) is 1. The van der Waals surface area contributed by atoms with Gasteiger partial charge in [-0.15, -0.1) is 15.3 Å². The first kappa shape index (κ1) is 21.7. The second-order valence-corrected chi connectivity index (χ2v) is 9.89. The largest absolute Gasteiger partial charge is 0.420 e. The smallest absolute Gasteiger partial charge is 0.276 e. The van der Waals surface area contributed by atoms with E-state index in [1.165, 1.54) is 9.20 Å². The van der Waals surface area contributed by atoms with E-state index in [0.29, 0.717) is 41.6 Å². The van der Waals surface area contributed by atoms with Crippen LogP contribution >= 0.6 is 0 Å². The second kappa shape index (κ2) is 7.99. The Morgan fingerprint density at radius 1 is 1.11 bits per heavy atom. The van der Waals surface area contributed by atoms with Crippen molar-refractivity contribution in [1.29, 1.82) is 0 Å². The third-order valence-corrected chi connectivity index (χ3v) is 7.83. The lowest BCUT2D eigenvalue weighted by atomic mass is 9.90. The highest BCUT2D eigenvalue weighted by Crippen LogP contribution is 2.64. The molecule has 2 fully saturated rings. The van der Waals surface area contributed by atoms with Crippen LogP contribution < -0.4 is 5.56 Å². The van der Waals surface area contributed by atoms with Gasteiger partial charge in [0, 0.05) is 30.8 Å². The average Bonchev–Trinajstić information content (AvgIpc) is 3.36. The van der Waals surface area contributed by atoms with Crippen molar-refractivity contribution in [3.05, 3.63) is 82.4 Å². The van der Waals surface area contributed by atoms with Crippen LogP contribution in [0.3, 0.4) is 0 Å². The molecule has 4 aromatic heterocycles. The third kappa shape index (κ3) is 3.49. The summed E-state index contributed by atoms with van der Waals surface area (Å²) in [7, 11) is 0. The standard InChI is InChI=1S/C26H24N8O3/c1-16-18(15-27-34(16)25-28-21(35)20-8-5-11-33(20)31-25)24(36)32-12-9-26(10-13-32)14-19(26)23-30-29-22(37-23)17-6-3-2-4-7-17/h2-8,11,15,19H,9-10,12-14H2,1H3,(H,28,31,35). The van der Waals surface area contributed by atoms with Gasteiger partial charge in [-0.2, -0.15) is 5.10 Å². The van der Waals surface area contributed by atoms with Crippen LogP contribution in [0.25, 0.3) is 22.9 Å². The summed E-state index contributed by atoms with van der Waals surface area (Å²) in [5.41, 5.74) is 2.34. The summed E-state index contributed by atoms with van der Waals surface area (Å²) in [6.07, 6.45) is 6.02. The number of rotatable bonds is 4. The minimum absolute atomic E-state index is 0.0654. The van der Waals surface area contributed by atoms with Gasteiger partial charge in [0.2, 0.25) is 17.7 Å². The fourth-order valence-corrected chi connectivity index (χ4v) is 5.51. The molecular formula is C26H24N8O3. The van der Waals surface area contributed by atoms with E-state index in [4.69, 9.17) is 4.42 Å². The fraction of sp³-hybridized carbons (Fsp3) is 0.308. The zero-order chi connectivity index (χ0) is 25.1. The number of likely N-dealkylation sites (tertiary alicyclic amines) is 1. The van der Waals surface area contributed by atoms with E-state index in [9.17, 15) is 9.59 Å². The number of aromatic nitrogens is 7. The Labute approximate surface area is 210 Å². The SMILES string of the molecule is Cc1c(C(=O)N2CCC3(CC2)CC3c2nnc(-c3ccccc3)o2)cnn1-c1nn2cccc2c(=O)[nH]1. The predicted molar refractivity (Wildman–Crippen MR) is 132 cm³/mol. The summed E-state index contributed by atoms with van der Waals surface area (Å²) in [5.74, 6) is 1.68. The van der Waals surface area contributed by atoms with Crippen LogP contribution in [-0.2, 0) is 0 Å². The summed E-state index contributed by atoms with van der Waals surface area (Å²) in [6, 6.07) is 13.2. The molecule has 186 valence electrons. The van der Waals surface area contributed by atoms with E-state index in [1.807, 2.05) is 42.2 Å². The lowest BCUT2D eigenvalue weighted by Crippen LogP contribution is -2.39. The Morgan fingerprint density at radius 3 is 2.73 bits per heavy atom. The van der Waals surface area contributed by atoms with Crippen LogP contribution in [0, 0.1) is 12.3 Å². The highest BCUT2D eigenvalue weighted by atomic mass is 16.4. The number of hydrogen-bond donors (Lipinski definition) is 1. The van der Waals surface area contributed by atoms with Crippen molar-refractivity contribution in [2.24, 2.45) is 5.41 Å². The van der Waals surface area contributed by atoms with Gasteiger partial charge < -0.3 is 9.32 Å². The maximum Gasteiger partial charge on any atom is 0.276 e. The molecule has 0 radical (unpaired) electrons. The molecule has 1 aliphatic carbocycles. The summed E-state index contributed by atoms with van der Waals surface area (Å²) in [5, 5.41) is 17.3. The number of nitrogens with zero attached hydrogens (tertiary/aromatic N) is 7. The quantitative estimate of drug-likeness (QED) is 0.405. The molecule has 11 nitrogen and oxygen atoms in total. The maximum absolute atomic E-state index is 13.4. The number of piperidine rings is 1. The molecule has 0 bridgehead atoms. The second-order valence-electron chi connectivity index (χ2n) is 9.89. The zero-order valence-corrected chi connectivity index (χ0v) is 20.2. The summed E-state index contributed by atoms with van der Waals surface area (Å²) in [4.78, 5) is 30.4. The Kier molecular flexibility index (Phi) is 4.69. The molecule has 5 aromatic rings. The molecule has 1 spiro atoms. The minimum Gasteiger partial charge on any atom is -0.420 e. The molecule has 1 saturated carbocycles. The molecule has 11 heteroatoms. The van der Waals surface area contributed by atoms with E-state index in [0.717, 1.165) is 24.8 Å². The van der Waals surface area contributed by atoms with Gasteiger partial charge in [0.15, 0.2) is 0 Å². The number of hydrogen-bond acceptors (Lipinski definition) is 7. The number of H-pyrrole nitrogens is 1. The number of aromatic amines is 1. The summed E-state index contributed by atoms with van der Waals surface area (Å²) >= 11 is 0. The van der Waals surface area contributed by atoms with Crippen molar-refractivity contribution < 1.29 is 9.21 Å². The molecule has 1 atom stereocenters. The molecule has 1 unspecified atom stereocenters. The Morgan fingerprint density at radius 2 is 1.92 bits per heavy atom. The number of fused-ring (bicyclic) bond motifs is 1. The van der Waals surface area contributed by atoms with Crippen LogP contribution in [0.1, 0.15) is 47.1 Å². The van der Waals surface area contributed by atoms with Gasteiger partial charge in [0.1, 0.15) is 5.52 Å². The Balaban J connectivity index is 1.05. The van der Waals surface area contributed by atoms with Gasteiger partial charge >= 0.3 is 0 Å². The van der Waals surface area contributed by atoms with E-state index in [2.05, 4.69) is 25.4 Å². The number of benzene rings is 1. The summed E-state index contributed by atoms with van der Waals surface area (Å²) < 4.78 is 9.00. The molecule has 5 heterocycles. The van der Waals surface area contributed by atoms with Gasteiger partial charge in [0.05, 0.1) is 17.5 Å². The first-order valence-electron chi connectivity index (χ1n) is 12.3. The van der Waals surface area contributed by atoms with Gasteiger partial charge in [-0.25, -0.2) is 9.20 Å². The van der Waals surface area contributed by atoms with Crippen molar-refractivity contribution in [3.8, 4) is 17.4 Å². The van der Waals surface area contributed by atoms with Crippen molar-refractivity contribution in [2.75, 3.05) is 13.1 Å². The van der Waals surface area contributed by atoms with E-state index < -0.39 is 0 Å². The monoisotopic (exact) mass is 496 g/mol. The molecule has 1 aromatic carbocycles. The Bertz CT molecular complexity index is 1690. The van der Waals surface area contributed by atoms with Crippen molar-refractivity contribution in [3.63, 3.8) is 0 Å². The van der Waals surface area contributed by atoms with Gasteiger partial charge in [-0.05, 0) is 55.9 Å². The van der Waals surface area contributed by atoms with Crippen molar-refractivity contribution in [2.45, 2.75) is 32.1 Å². The van der Waals surface area contributed by atoms with Gasteiger partial charge in [-0.1, -0.05) is 18.2 Å². The van der Waals surface area contributed by atoms with Crippen molar-refractivity contribution >= 4 is 11.4 Å². The third-order valence-electron chi connectivity index (χ3n) is 7.83. The van der Waals surface area contributed by atoms with Crippen LogP contribution in [-0.4, -0.2) is 58.5 Å². The molecule has 2 aliphatic rings. The molecule has 37 heavy (non-hydrogen) atoms. The molecule has 1 amide bonds. The molecule has 1 N–H and O–H groups in total. The molecule has 1 aliphatic heterocycles. The van der Waals surface area contributed by atoms with Crippen LogP contribution in [0.15, 0.2) is 64.1 Å². The van der Waals surface area contributed by atoms with Crippen molar-refractivity contribution in [1.82, 2.24) is 39.5 Å². The lowest BCUT2D eigenvalue weighted by molar-refractivity contribution is 0.0672. The highest BCUT2D eigenvalue weighted by Gasteiger charge is 2.58. The average molecular weight is 497 g/mol. The van der Waals surface area contributed by atoms with E-state index in [-0.39, 0.29) is 28.7 Å². The van der Waals surface area contributed by atoms with Crippen LogP contribution in [0.5, 0.6) is 0 Å². The zero-order valence-electron chi connectivity index (χ0n) is 20.2. The number of amides is 1. The Hall–Kier alpha value is -4.54. The van der Waals surface area contributed by atoms with Crippen LogP contribution in [0.4, 0.5) is 0 Å². The van der Waals surface area contributed by atoms with E-state index in [1.54, 1.807) is 24.5 Å². The predicted octanol–water partition coefficient (Wildman–Crippen LogP) is 2.98. The maximum atomic E-state index is 13.4. The molecule has 7 rings (SSSR count). The lowest BCUT2D eigenvalue weighted by Gasteiger charge is -2.32. The van der Waals surface area contributed by atoms with Gasteiger partial charge in [-0.3, -0.25) is 14.6 Å². The minimum atomic E-state index is -0.268. The molecule has 1 saturated heterocycles. The normalized spacial score (nSPS) is 18.5. The topological polar surface area (TPSA) is 127 Å². The van der Waals surface area contributed by atoms with E-state index >= 15 is 0 Å². The van der Waals surface area contributed by atoms with Gasteiger partial charge in [0.25, 0.3) is 11.5 Å². The number of carbonyl (C=O) groups is 1. The first-order valence-corrected chi connectivity index (χ1v) is 12.3. The first-order chi connectivity index (χ1) is 18.0. The summed E-state index contributed by atoms with van der Waals surface area (Å²) in [6.45, 7) is 3.12. The number of carbonyl (C=O) groups excluding carboxylic acids is 1.